The van der Waals surface area contributed by atoms with Crippen molar-refractivity contribution < 1.29 is 19.1 Å². The molecule has 0 aliphatic carbocycles. The van der Waals surface area contributed by atoms with Gasteiger partial charge < -0.3 is 20.1 Å². The highest BCUT2D eigenvalue weighted by atomic mass is 32.1. The molecule has 6 nitrogen and oxygen atoms in total. The minimum Gasteiger partial charge on any atom is -0.497 e. The molecular weight excluding hydrogens is 328 g/mol. The van der Waals surface area contributed by atoms with Gasteiger partial charge in [-0.05, 0) is 23.6 Å². The smallest absolute Gasteiger partial charge is 0.310 e. The second-order valence-electron chi connectivity index (χ2n) is 5.29. The van der Waals surface area contributed by atoms with Crippen LogP contribution in [-0.4, -0.2) is 25.7 Å². The lowest BCUT2D eigenvalue weighted by Gasteiger charge is -2.10. The van der Waals surface area contributed by atoms with Crippen LogP contribution in [0.3, 0.4) is 0 Å². The van der Waals surface area contributed by atoms with E-state index in [1.165, 1.54) is 11.3 Å². The average molecular weight is 348 g/mol. The molecule has 0 radical (unpaired) electrons. The van der Waals surface area contributed by atoms with Crippen LogP contribution < -0.4 is 15.4 Å². The van der Waals surface area contributed by atoms with Crippen LogP contribution >= 0.6 is 11.3 Å². The summed E-state index contributed by atoms with van der Waals surface area (Å²) in [6.45, 7) is 3.55. The number of methoxy groups -OCH3 is 1. The molecule has 0 saturated heterocycles. The molecule has 1 heterocycles. The van der Waals surface area contributed by atoms with Gasteiger partial charge in [0.15, 0.2) is 6.73 Å². The van der Waals surface area contributed by atoms with Crippen LogP contribution in [0.4, 0.5) is 11.4 Å². The van der Waals surface area contributed by atoms with Gasteiger partial charge in [-0.2, -0.15) is 0 Å². The highest BCUT2D eigenvalue weighted by Gasteiger charge is 2.14. The van der Waals surface area contributed by atoms with Crippen molar-refractivity contribution in [3.8, 4) is 5.75 Å². The van der Waals surface area contributed by atoms with Gasteiger partial charge in [0.05, 0.1) is 18.7 Å². The van der Waals surface area contributed by atoms with E-state index in [1.807, 2.05) is 0 Å². The maximum atomic E-state index is 12.4. The first-order valence-corrected chi connectivity index (χ1v) is 8.32. The molecule has 1 aromatic heterocycles. The van der Waals surface area contributed by atoms with Gasteiger partial charge in [-0.3, -0.25) is 9.59 Å². The Bertz CT molecular complexity index is 712. The van der Waals surface area contributed by atoms with Crippen LogP contribution in [0, 0.1) is 5.92 Å². The van der Waals surface area contributed by atoms with Gasteiger partial charge in [0, 0.05) is 11.8 Å². The number of ether oxygens (including phenoxy) is 2. The van der Waals surface area contributed by atoms with E-state index in [-0.39, 0.29) is 24.5 Å². The Hall–Kier alpha value is -2.54. The van der Waals surface area contributed by atoms with Gasteiger partial charge in [0.1, 0.15) is 10.6 Å². The van der Waals surface area contributed by atoms with Crippen LogP contribution in [0.15, 0.2) is 35.7 Å². The molecule has 2 rings (SSSR count). The number of benzene rings is 1. The SMILES string of the molecule is COc1cccc(NC(=O)c2sccc2NCOC(=O)C(C)C)c1. The molecule has 1 amide bonds. The molecule has 0 bridgehead atoms. The summed E-state index contributed by atoms with van der Waals surface area (Å²) < 4.78 is 10.2. The number of nitrogens with one attached hydrogen (secondary N) is 2. The van der Waals surface area contributed by atoms with E-state index >= 15 is 0 Å². The van der Waals surface area contributed by atoms with Gasteiger partial charge in [0.2, 0.25) is 0 Å². The van der Waals surface area contributed by atoms with Crippen molar-refractivity contribution in [2.24, 2.45) is 5.92 Å². The first-order valence-electron chi connectivity index (χ1n) is 7.44. The van der Waals surface area contributed by atoms with Crippen molar-refractivity contribution >= 4 is 34.6 Å². The van der Waals surface area contributed by atoms with Crippen molar-refractivity contribution in [3.63, 3.8) is 0 Å². The summed E-state index contributed by atoms with van der Waals surface area (Å²) in [6, 6.07) is 8.90. The Labute approximate surface area is 144 Å². The standard InChI is InChI=1S/C17H20N2O4S/c1-11(2)17(21)23-10-18-14-7-8-24-15(14)16(20)19-12-5-4-6-13(9-12)22-3/h4-9,11,18H,10H2,1-3H3,(H,19,20). The minimum atomic E-state index is -0.292. The van der Waals surface area contributed by atoms with E-state index < -0.39 is 0 Å². The molecule has 0 atom stereocenters. The maximum Gasteiger partial charge on any atom is 0.310 e. The third kappa shape index (κ3) is 4.73. The zero-order chi connectivity index (χ0) is 17.5. The highest BCUT2D eigenvalue weighted by Crippen LogP contribution is 2.24. The first kappa shape index (κ1) is 17.8. The van der Waals surface area contributed by atoms with Crippen LogP contribution in [-0.2, 0) is 9.53 Å². The van der Waals surface area contributed by atoms with Crippen molar-refractivity contribution in [1.82, 2.24) is 0 Å². The van der Waals surface area contributed by atoms with Gasteiger partial charge in [-0.25, -0.2) is 0 Å². The molecule has 1 aromatic carbocycles. The predicted molar refractivity (Wildman–Crippen MR) is 94.7 cm³/mol. The predicted octanol–water partition coefficient (Wildman–Crippen LogP) is 3.58. The lowest BCUT2D eigenvalue weighted by atomic mass is 10.2. The Morgan fingerprint density at radius 1 is 1.25 bits per heavy atom. The summed E-state index contributed by atoms with van der Waals surface area (Å²) >= 11 is 1.31. The van der Waals surface area contributed by atoms with Crippen LogP contribution in [0.1, 0.15) is 23.5 Å². The molecule has 0 saturated carbocycles. The van der Waals surface area contributed by atoms with E-state index in [4.69, 9.17) is 9.47 Å². The number of carbonyl (C=O) groups excluding carboxylic acids is 2. The Morgan fingerprint density at radius 3 is 2.75 bits per heavy atom. The number of rotatable bonds is 7. The molecule has 0 aliphatic heterocycles. The van der Waals surface area contributed by atoms with E-state index in [0.717, 1.165) is 0 Å². The molecule has 128 valence electrons. The van der Waals surface area contributed by atoms with Gasteiger partial charge >= 0.3 is 5.97 Å². The van der Waals surface area contributed by atoms with Crippen LogP contribution in [0.2, 0.25) is 0 Å². The molecule has 0 unspecified atom stereocenters. The average Bonchev–Trinajstić information content (AvgIpc) is 3.03. The number of anilines is 2. The van der Waals surface area contributed by atoms with E-state index in [0.29, 0.717) is 22.0 Å². The van der Waals surface area contributed by atoms with Gasteiger partial charge in [0.25, 0.3) is 5.91 Å². The fraction of sp³-hybridized carbons (Fsp3) is 0.294. The summed E-state index contributed by atoms with van der Waals surface area (Å²) in [6.07, 6.45) is 0. The number of esters is 1. The van der Waals surface area contributed by atoms with E-state index in [2.05, 4.69) is 10.6 Å². The van der Waals surface area contributed by atoms with Crippen LogP contribution in [0.25, 0.3) is 0 Å². The first-order chi connectivity index (χ1) is 11.5. The monoisotopic (exact) mass is 348 g/mol. The second kappa shape index (κ2) is 8.35. The normalized spacial score (nSPS) is 10.3. The van der Waals surface area contributed by atoms with Crippen LogP contribution in [0.5, 0.6) is 5.75 Å². The summed E-state index contributed by atoms with van der Waals surface area (Å²) in [5, 5.41) is 7.57. The molecule has 2 aromatic rings. The molecule has 0 fully saturated rings. The van der Waals surface area contributed by atoms with E-state index in [9.17, 15) is 9.59 Å². The Morgan fingerprint density at radius 2 is 2.04 bits per heavy atom. The Kier molecular flexibility index (Phi) is 6.20. The fourth-order valence-electron chi connectivity index (χ4n) is 1.86. The number of amides is 1. The summed E-state index contributed by atoms with van der Waals surface area (Å²) in [5.41, 5.74) is 1.27. The number of carbonyl (C=O) groups is 2. The quantitative estimate of drug-likeness (QED) is 0.591. The molecular formula is C17H20N2O4S. The lowest BCUT2D eigenvalue weighted by Crippen LogP contribution is -2.18. The zero-order valence-electron chi connectivity index (χ0n) is 13.8. The van der Waals surface area contributed by atoms with Crippen molar-refractivity contribution in [2.45, 2.75) is 13.8 Å². The molecule has 24 heavy (non-hydrogen) atoms. The van der Waals surface area contributed by atoms with Crippen molar-refractivity contribution in [2.75, 3.05) is 24.5 Å². The topological polar surface area (TPSA) is 76.7 Å². The highest BCUT2D eigenvalue weighted by molar-refractivity contribution is 7.12. The minimum absolute atomic E-state index is 0.0210. The molecule has 2 N–H and O–H groups in total. The van der Waals surface area contributed by atoms with Gasteiger partial charge in [-0.15, -0.1) is 11.3 Å². The third-order valence-electron chi connectivity index (χ3n) is 3.15. The largest absolute Gasteiger partial charge is 0.497 e. The maximum absolute atomic E-state index is 12.4. The van der Waals surface area contributed by atoms with Gasteiger partial charge in [-0.1, -0.05) is 19.9 Å². The second-order valence-corrected chi connectivity index (χ2v) is 6.20. The summed E-state index contributed by atoms with van der Waals surface area (Å²) in [4.78, 5) is 24.4. The Balaban J connectivity index is 1.98. The summed E-state index contributed by atoms with van der Waals surface area (Å²) in [7, 11) is 1.57. The number of hydrogen-bond acceptors (Lipinski definition) is 6. The van der Waals surface area contributed by atoms with Crippen molar-refractivity contribution in [1.29, 1.82) is 0 Å². The third-order valence-corrected chi connectivity index (χ3v) is 4.06. The van der Waals surface area contributed by atoms with Crippen molar-refractivity contribution in [3.05, 3.63) is 40.6 Å². The fourth-order valence-corrected chi connectivity index (χ4v) is 2.63. The summed E-state index contributed by atoms with van der Waals surface area (Å²) in [5.74, 6) is -0.0564. The lowest BCUT2D eigenvalue weighted by molar-refractivity contribution is -0.146. The molecule has 0 spiro atoms. The number of thiophene rings is 1. The zero-order valence-corrected chi connectivity index (χ0v) is 14.6. The molecule has 0 aliphatic rings. The number of hydrogen-bond donors (Lipinski definition) is 2. The van der Waals surface area contributed by atoms with E-state index in [1.54, 1.807) is 56.7 Å². The molecule has 7 heteroatoms.